The molecule has 5 nitrogen and oxygen atoms in total. The average molecular weight is 266 g/mol. The van der Waals surface area contributed by atoms with Crippen LogP contribution < -0.4 is 5.73 Å². The first-order valence-electron chi connectivity index (χ1n) is 5.97. The number of carbonyl (C=O) groups is 2. The zero-order valence-corrected chi connectivity index (χ0v) is 10.6. The van der Waals surface area contributed by atoms with E-state index in [0.717, 1.165) is 18.9 Å². The lowest BCUT2D eigenvalue weighted by Crippen LogP contribution is -2.32. The minimum atomic E-state index is -0.691. The Hall–Kier alpha value is -2.11. The van der Waals surface area contributed by atoms with Crippen LogP contribution in [-0.4, -0.2) is 36.5 Å². The minimum Gasteiger partial charge on any atom is -0.452 e. The van der Waals surface area contributed by atoms with E-state index >= 15 is 0 Å². The molecule has 19 heavy (non-hydrogen) atoms. The molecule has 0 heterocycles. The highest BCUT2D eigenvalue weighted by atomic mass is 19.1. The number of ether oxygens (including phenoxy) is 1. The standard InChI is InChI=1S/C13H15FN2O3/c1-16(9-3-4-9)12(17)7-19-13(18)8-2-5-10(14)11(15)6-8/h2,5-6,9H,3-4,7,15H2,1H3. The molecule has 0 bridgehead atoms. The highest BCUT2D eigenvalue weighted by molar-refractivity contribution is 5.92. The predicted octanol–water partition coefficient (Wildman–Crippen LogP) is 1.19. The van der Waals surface area contributed by atoms with Crippen molar-refractivity contribution in [1.82, 2.24) is 4.90 Å². The fourth-order valence-electron chi connectivity index (χ4n) is 1.65. The van der Waals surface area contributed by atoms with Gasteiger partial charge in [0.05, 0.1) is 11.3 Å². The average Bonchev–Trinajstić information content (AvgIpc) is 3.22. The summed E-state index contributed by atoms with van der Waals surface area (Å²) in [5, 5.41) is 0. The van der Waals surface area contributed by atoms with Crippen LogP contribution in [-0.2, 0) is 9.53 Å². The monoisotopic (exact) mass is 266 g/mol. The molecule has 1 aromatic carbocycles. The second-order valence-corrected chi connectivity index (χ2v) is 4.55. The van der Waals surface area contributed by atoms with E-state index in [4.69, 9.17) is 10.5 Å². The fraction of sp³-hybridized carbons (Fsp3) is 0.385. The lowest BCUT2D eigenvalue weighted by molar-refractivity contribution is -0.133. The Morgan fingerprint density at radius 3 is 2.74 bits per heavy atom. The van der Waals surface area contributed by atoms with Gasteiger partial charge >= 0.3 is 5.97 Å². The van der Waals surface area contributed by atoms with Gasteiger partial charge in [0.2, 0.25) is 0 Å². The molecule has 1 aliphatic rings. The first kappa shape index (κ1) is 13.3. The number of hydrogen-bond acceptors (Lipinski definition) is 4. The smallest absolute Gasteiger partial charge is 0.338 e. The summed E-state index contributed by atoms with van der Waals surface area (Å²) in [5.41, 5.74) is 5.35. The molecular weight excluding hydrogens is 251 g/mol. The van der Waals surface area contributed by atoms with Crippen LogP contribution >= 0.6 is 0 Å². The number of amides is 1. The van der Waals surface area contributed by atoms with Gasteiger partial charge in [-0.25, -0.2) is 9.18 Å². The summed E-state index contributed by atoms with van der Waals surface area (Å²) in [7, 11) is 1.68. The van der Waals surface area contributed by atoms with Gasteiger partial charge < -0.3 is 15.4 Å². The summed E-state index contributed by atoms with van der Waals surface area (Å²) in [5.74, 6) is -1.53. The van der Waals surface area contributed by atoms with Gasteiger partial charge in [-0.1, -0.05) is 0 Å². The van der Waals surface area contributed by atoms with Crippen molar-refractivity contribution in [3.63, 3.8) is 0 Å². The van der Waals surface area contributed by atoms with E-state index in [1.807, 2.05) is 0 Å². The van der Waals surface area contributed by atoms with Crippen LogP contribution in [0.4, 0.5) is 10.1 Å². The van der Waals surface area contributed by atoms with Crippen LogP contribution in [0, 0.1) is 5.82 Å². The predicted molar refractivity (Wildman–Crippen MR) is 66.9 cm³/mol. The highest BCUT2D eigenvalue weighted by Gasteiger charge is 2.29. The maximum Gasteiger partial charge on any atom is 0.338 e. The Bertz CT molecular complexity index is 515. The largest absolute Gasteiger partial charge is 0.452 e. The van der Waals surface area contributed by atoms with Gasteiger partial charge in [0.15, 0.2) is 6.61 Å². The van der Waals surface area contributed by atoms with Crippen molar-refractivity contribution in [3.8, 4) is 0 Å². The van der Waals surface area contributed by atoms with Gasteiger partial charge in [0.1, 0.15) is 5.82 Å². The normalized spacial score (nSPS) is 14.0. The Kier molecular flexibility index (Phi) is 3.69. The molecule has 0 saturated heterocycles. The molecule has 0 aromatic heterocycles. The van der Waals surface area contributed by atoms with Crippen LogP contribution in [0.25, 0.3) is 0 Å². The summed E-state index contributed by atoms with van der Waals surface area (Å²) >= 11 is 0. The van der Waals surface area contributed by atoms with Gasteiger partial charge in [-0.2, -0.15) is 0 Å². The van der Waals surface area contributed by atoms with Gasteiger partial charge in [0.25, 0.3) is 5.91 Å². The van der Waals surface area contributed by atoms with E-state index in [9.17, 15) is 14.0 Å². The zero-order chi connectivity index (χ0) is 14.0. The van der Waals surface area contributed by atoms with E-state index in [1.54, 1.807) is 11.9 Å². The van der Waals surface area contributed by atoms with Gasteiger partial charge in [0, 0.05) is 13.1 Å². The Morgan fingerprint density at radius 2 is 2.16 bits per heavy atom. The molecule has 0 radical (unpaired) electrons. The molecule has 102 valence electrons. The third-order valence-corrected chi connectivity index (χ3v) is 3.05. The van der Waals surface area contributed by atoms with Crippen LogP contribution in [0.1, 0.15) is 23.2 Å². The maximum absolute atomic E-state index is 12.9. The molecule has 1 saturated carbocycles. The Balaban J connectivity index is 1.89. The number of nitrogens with zero attached hydrogens (tertiary/aromatic N) is 1. The van der Waals surface area contributed by atoms with Crippen molar-refractivity contribution in [2.45, 2.75) is 18.9 Å². The molecule has 1 fully saturated rings. The number of anilines is 1. The number of rotatable bonds is 4. The number of esters is 1. The van der Waals surface area contributed by atoms with Crippen LogP contribution in [0.2, 0.25) is 0 Å². The van der Waals surface area contributed by atoms with Crippen LogP contribution in [0.5, 0.6) is 0 Å². The molecule has 0 spiro atoms. The van der Waals surface area contributed by atoms with Crippen molar-refractivity contribution >= 4 is 17.6 Å². The van der Waals surface area contributed by atoms with Crippen molar-refractivity contribution in [3.05, 3.63) is 29.6 Å². The number of likely N-dealkylation sites (N-methyl/N-ethyl adjacent to an activating group) is 1. The van der Waals surface area contributed by atoms with Crippen LogP contribution in [0.3, 0.4) is 0 Å². The second-order valence-electron chi connectivity index (χ2n) is 4.55. The summed E-state index contributed by atoms with van der Waals surface area (Å²) < 4.78 is 17.8. The van der Waals surface area contributed by atoms with Crippen LogP contribution in [0.15, 0.2) is 18.2 Å². The molecule has 2 rings (SSSR count). The summed E-state index contributed by atoms with van der Waals surface area (Å²) in [6.07, 6.45) is 1.98. The fourth-order valence-corrected chi connectivity index (χ4v) is 1.65. The summed E-state index contributed by atoms with van der Waals surface area (Å²) in [6, 6.07) is 3.81. The number of hydrogen-bond donors (Lipinski definition) is 1. The lowest BCUT2D eigenvalue weighted by Gasteiger charge is -2.15. The molecular formula is C13H15FN2O3. The van der Waals surface area contributed by atoms with E-state index < -0.39 is 11.8 Å². The van der Waals surface area contributed by atoms with Gasteiger partial charge in [-0.3, -0.25) is 4.79 Å². The number of nitrogen functional groups attached to an aromatic ring is 1. The maximum atomic E-state index is 12.9. The summed E-state index contributed by atoms with van der Waals surface area (Å²) in [6.45, 7) is -0.316. The molecule has 0 unspecified atom stereocenters. The third-order valence-electron chi connectivity index (χ3n) is 3.05. The molecule has 2 N–H and O–H groups in total. The topological polar surface area (TPSA) is 72.6 Å². The second kappa shape index (κ2) is 5.26. The van der Waals surface area contributed by atoms with E-state index in [0.29, 0.717) is 0 Å². The van der Waals surface area contributed by atoms with E-state index in [-0.39, 0.29) is 29.8 Å². The van der Waals surface area contributed by atoms with Crippen molar-refractivity contribution < 1.29 is 18.7 Å². The Labute approximate surface area is 110 Å². The van der Waals surface area contributed by atoms with E-state index in [2.05, 4.69) is 0 Å². The van der Waals surface area contributed by atoms with Crippen molar-refractivity contribution in [1.29, 1.82) is 0 Å². The van der Waals surface area contributed by atoms with Crippen molar-refractivity contribution in [2.24, 2.45) is 0 Å². The molecule has 6 heteroatoms. The zero-order valence-electron chi connectivity index (χ0n) is 10.6. The Morgan fingerprint density at radius 1 is 1.47 bits per heavy atom. The first-order chi connectivity index (χ1) is 8.99. The minimum absolute atomic E-state index is 0.126. The number of nitrogens with two attached hydrogens (primary N) is 1. The lowest BCUT2D eigenvalue weighted by atomic mass is 10.2. The number of benzene rings is 1. The quantitative estimate of drug-likeness (QED) is 0.656. The SMILES string of the molecule is CN(C(=O)COC(=O)c1ccc(F)c(N)c1)C1CC1. The number of halogens is 1. The molecule has 1 aliphatic carbocycles. The summed E-state index contributed by atoms with van der Waals surface area (Å²) in [4.78, 5) is 24.9. The van der Waals surface area contributed by atoms with Gasteiger partial charge in [-0.15, -0.1) is 0 Å². The molecule has 0 aliphatic heterocycles. The van der Waals surface area contributed by atoms with E-state index in [1.165, 1.54) is 12.1 Å². The highest BCUT2D eigenvalue weighted by Crippen LogP contribution is 2.25. The third kappa shape index (κ3) is 3.21. The molecule has 1 amide bonds. The molecule has 1 aromatic rings. The first-order valence-corrected chi connectivity index (χ1v) is 5.97. The molecule has 0 atom stereocenters. The van der Waals surface area contributed by atoms with Crippen molar-refractivity contribution in [2.75, 3.05) is 19.4 Å². The number of carbonyl (C=O) groups excluding carboxylic acids is 2. The van der Waals surface area contributed by atoms with Gasteiger partial charge in [-0.05, 0) is 31.0 Å².